The van der Waals surface area contributed by atoms with Crippen LogP contribution in [0.15, 0.2) is 40.3 Å². The van der Waals surface area contributed by atoms with Gasteiger partial charge in [0.05, 0.1) is 0 Å². The van der Waals surface area contributed by atoms with Crippen molar-refractivity contribution in [3.63, 3.8) is 0 Å². The largest absolute Gasteiger partial charge is 0.352 e. The number of aliphatic imine (C=N–C) groups is 2. The molecule has 0 amide bonds. The van der Waals surface area contributed by atoms with Gasteiger partial charge in [0.1, 0.15) is 5.84 Å². The Labute approximate surface area is 171 Å². The summed E-state index contributed by atoms with van der Waals surface area (Å²) in [5.41, 5.74) is 0.984. The van der Waals surface area contributed by atoms with Crippen LogP contribution in [-0.2, 0) is 0 Å². The van der Waals surface area contributed by atoms with Crippen molar-refractivity contribution in [3.8, 4) is 0 Å². The van der Waals surface area contributed by atoms with Gasteiger partial charge in [0, 0.05) is 24.9 Å². The van der Waals surface area contributed by atoms with Gasteiger partial charge in [-0.2, -0.15) is 0 Å². The zero-order valence-electron chi connectivity index (χ0n) is 18.2. The first-order chi connectivity index (χ1) is 13.6. The van der Waals surface area contributed by atoms with Gasteiger partial charge in [-0.25, -0.2) is 9.98 Å². The number of benzene rings is 1. The third kappa shape index (κ3) is 6.44. The van der Waals surface area contributed by atoms with Crippen molar-refractivity contribution in [2.24, 2.45) is 9.98 Å². The minimum absolute atomic E-state index is 0.663. The minimum atomic E-state index is -1.17. The van der Waals surface area contributed by atoms with Crippen LogP contribution in [0.2, 0.25) is 0 Å². The SMILES string of the molecule is CCCCCC1=NC(c2ccccc2)=NC(O)(CCCCC)N1CCCCC. The van der Waals surface area contributed by atoms with Crippen LogP contribution in [0.5, 0.6) is 0 Å². The van der Waals surface area contributed by atoms with Crippen LogP contribution in [-0.4, -0.2) is 34.1 Å². The Kier molecular flexibility index (Phi) is 9.69. The molecule has 0 radical (unpaired) electrons. The smallest absolute Gasteiger partial charge is 0.239 e. The molecule has 4 heteroatoms. The fourth-order valence-electron chi connectivity index (χ4n) is 3.72. The molecular weight excluding hydrogens is 346 g/mol. The van der Waals surface area contributed by atoms with E-state index in [-0.39, 0.29) is 0 Å². The molecule has 0 aromatic heterocycles. The maximum atomic E-state index is 11.7. The van der Waals surface area contributed by atoms with E-state index in [0.29, 0.717) is 12.3 Å². The lowest BCUT2D eigenvalue weighted by Crippen LogP contribution is -2.54. The van der Waals surface area contributed by atoms with Gasteiger partial charge in [-0.1, -0.05) is 89.6 Å². The fourth-order valence-corrected chi connectivity index (χ4v) is 3.72. The van der Waals surface area contributed by atoms with Crippen LogP contribution < -0.4 is 0 Å². The normalized spacial score (nSPS) is 19.5. The monoisotopic (exact) mass is 385 g/mol. The van der Waals surface area contributed by atoms with Crippen molar-refractivity contribution >= 4 is 11.7 Å². The lowest BCUT2D eigenvalue weighted by atomic mass is 10.1. The van der Waals surface area contributed by atoms with Crippen molar-refractivity contribution in [1.82, 2.24) is 4.90 Å². The summed E-state index contributed by atoms with van der Waals surface area (Å²) in [6.07, 6.45) is 11.7. The summed E-state index contributed by atoms with van der Waals surface area (Å²) < 4.78 is 0. The summed E-state index contributed by atoms with van der Waals surface area (Å²) in [7, 11) is 0. The number of hydrogen-bond donors (Lipinski definition) is 1. The Bertz CT molecular complexity index is 626. The molecule has 0 spiro atoms. The first-order valence-electron chi connectivity index (χ1n) is 11.4. The Balaban J connectivity index is 2.34. The molecule has 0 saturated carbocycles. The zero-order valence-corrected chi connectivity index (χ0v) is 18.2. The molecule has 0 fully saturated rings. The maximum absolute atomic E-state index is 11.7. The molecule has 156 valence electrons. The predicted molar refractivity (Wildman–Crippen MR) is 120 cm³/mol. The second-order valence-electron chi connectivity index (χ2n) is 7.88. The van der Waals surface area contributed by atoms with Gasteiger partial charge in [0.25, 0.3) is 0 Å². The third-order valence-electron chi connectivity index (χ3n) is 5.40. The second-order valence-corrected chi connectivity index (χ2v) is 7.88. The van der Waals surface area contributed by atoms with Gasteiger partial charge in [0.15, 0.2) is 5.84 Å². The molecule has 1 unspecified atom stereocenters. The van der Waals surface area contributed by atoms with Crippen LogP contribution in [0.25, 0.3) is 0 Å². The Morgan fingerprint density at radius 3 is 2.18 bits per heavy atom. The van der Waals surface area contributed by atoms with Gasteiger partial charge in [-0.3, -0.25) is 0 Å². The summed E-state index contributed by atoms with van der Waals surface area (Å²) in [5.74, 6) is 0.521. The van der Waals surface area contributed by atoms with Crippen molar-refractivity contribution in [2.75, 3.05) is 6.54 Å². The van der Waals surface area contributed by atoms with E-state index in [0.717, 1.165) is 56.5 Å². The van der Waals surface area contributed by atoms with Crippen molar-refractivity contribution in [3.05, 3.63) is 35.9 Å². The van der Waals surface area contributed by atoms with Gasteiger partial charge >= 0.3 is 0 Å². The Hall–Kier alpha value is -1.68. The molecule has 0 aliphatic carbocycles. The molecule has 0 saturated heterocycles. The van der Waals surface area contributed by atoms with E-state index in [1.54, 1.807) is 0 Å². The molecule has 28 heavy (non-hydrogen) atoms. The van der Waals surface area contributed by atoms with Crippen LogP contribution in [0.3, 0.4) is 0 Å². The molecule has 1 aliphatic heterocycles. The second kappa shape index (κ2) is 12.0. The molecule has 1 aromatic rings. The summed E-state index contributed by atoms with van der Waals surface area (Å²) in [5, 5.41) is 11.7. The van der Waals surface area contributed by atoms with E-state index >= 15 is 0 Å². The standard InChI is InChI=1S/C24H39N3O/c1-4-7-11-18-22-25-23(21-16-12-10-13-17-21)26-24(28,19-14-8-5-2)27(22)20-15-9-6-3/h10,12-13,16-17,28H,4-9,11,14-15,18-20H2,1-3H3. The first-order valence-corrected chi connectivity index (χ1v) is 11.4. The van der Waals surface area contributed by atoms with Crippen molar-refractivity contribution in [2.45, 2.75) is 97.2 Å². The van der Waals surface area contributed by atoms with Gasteiger partial charge in [0.2, 0.25) is 5.85 Å². The molecule has 4 nitrogen and oxygen atoms in total. The van der Waals surface area contributed by atoms with Crippen molar-refractivity contribution < 1.29 is 5.11 Å². The van der Waals surface area contributed by atoms with Gasteiger partial charge < -0.3 is 10.0 Å². The van der Waals surface area contributed by atoms with E-state index in [9.17, 15) is 5.11 Å². The highest BCUT2D eigenvalue weighted by Crippen LogP contribution is 2.29. The quantitative estimate of drug-likeness (QED) is 0.414. The lowest BCUT2D eigenvalue weighted by Gasteiger charge is -2.42. The van der Waals surface area contributed by atoms with Crippen LogP contribution in [0.1, 0.15) is 97.0 Å². The van der Waals surface area contributed by atoms with Gasteiger partial charge in [-0.05, 0) is 19.3 Å². The first kappa shape index (κ1) is 22.6. The molecule has 1 aromatic carbocycles. The summed E-state index contributed by atoms with van der Waals surface area (Å²) in [6, 6.07) is 10.1. The van der Waals surface area contributed by atoms with Crippen LogP contribution >= 0.6 is 0 Å². The molecule has 1 heterocycles. The fraction of sp³-hybridized carbons (Fsp3) is 0.667. The molecule has 1 aliphatic rings. The number of unbranched alkanes of at least 4 members (excludes halogenated alkanes) is 6. The number of rotatable bonds is 13. The number of hydrogen-bond acceptors (Lipinski definition) is 4. The number of aliphatic hydroxyl groups is 1. The average Bonchev–Trinajstić information content (AvgIpc) is 2.71. The Morgan fingerprint density at radius 2 is 1.50 bits per heavy atom. The number of nitrogens with zero attached hydrogens (tertiary/aromatic N) is 3. The van der Waals surface area contributed by atoms with Gasteiger partial charge in [-0.15, -0.1) is 0 Å². The predicted octanol–water partition coefficient (Wildman–Crippen LogP) is 6.14. The molecule has 0 bridgehead atoms. The minimum Gasteiger partial charge on any atom is -0.352 e. The van der Waals surface area contributed by atoms with Crippen molar-refractivity contribution in [1.29, 1.82) is 0 Å². The average molecular weight is 386 g/mol. The summed E-state index contributed by atoms with van der Waals surface area (Å²) in [6.45, 7) is 7.46. The maximum Gasteiger partial charge on any atom is 0.239 e. The molecule has 1 N–H and O–H groups in total. The molecule has 1 atom stereocenters. The molecular formula is C24H39N3O. The zero-order chi connectivity index (χ0) is 20.2. The summed E-state index contributed by atoms with van der Waals surface area (Å²) >= 11 is 0. The highest BCUT2D eigenvalue weighted by molar-refractivity contribution is 6.08. The summed E-state index contributed by atoms with van der Waals surface area (Å²) in [4.78, 5) is 11.9. The number of amidine groups is 2. The third-order valence-corrected chi connectivity index (χ3v) is 5.40. The van der Waals surface area contributed by atoms with E-state index in [2.05, 4.69) is 25.7 Å². The van der Waals surface area contributed by atoms with E-state index in [4.69, 9.17) is 9.98 Å². The van der Waals surface area contributed by atoms with E-state index in [1.807, 2.05) is 30.3 Å². The highest BCUT2D eigenvalue weighted by Gasteiger charge is 2.38. The van der Waals surface area contributed by atoms with Crippen LogP contribution in [0, 0.1) is 0 Å². The van der Waals surface area contributed by atoms with Crippen LogP contribution in [0.4, 0.5) is 0 Å². The molecule has 2 rings (SSSR count). The topological polar surface area (TPSA) is 48.2 Å². The van der Waals surface area contributed by atoms with E-state index in [1.165, 1.54) is 25.7 Å². The van der Waals surface area contributed by atoms with E-state index < -0.39 is 5.85 Å². The Morgan fingerprint density at radius 1 is 0.857 bits per heavy atom. The lowest BCUT2D eigenvalue weighted by molar-refractivity contribution is -0.0737. The highest BCUT2D eigenvalue weighted by atomic mass is 16.3.